The number of hydrogen-bond donors (Lipinski definition) is 0. The predicted molar refractivity (Wildman–Crippen MR) is 86.3 cm³/mol. The van der Waals surface area contributed by atoms with Gasteiger partial charge < -0.3 is 9.80 Å². The molecule has 1 saturated heterocycles. The molecule has 2 aromatic rings. The van der Waals surface area contributed by atoms with Crippen molar-refractivity contribution in [1.82, 2.24) is 14.9 Å². The normalized spacial score (nSPS) is 16.0. The topological polar surface area (TPSA) is 49.3 Å². The van der Waals surface area contributed by atoms with E-state index in [1.165, 1.54) is 16.1 Å². The molecule has 130 valence electrons. The molecular weight excluding hydrogens is 341 g/mol. The number of amides is 1. The molecular formula is C15H17F3N4OS. The Labute approximate surface area is 141 Å². The molecule has 1 fully saturated rings. The highest BCUT2D eigenvalue weighted by Crippen LogP contribution is 2.31. The van der Waals surface area contributed by atoms with Crippen LogP contribution in [-0.4, -0.2) is 53.1 Å². The lowest BCUT2D eigenvalue weighted by Gasteiger charge is -2.35. The molecule has 0 radical (unpaired) electrons. The summed E-state index contributed by atoms with van der Waals surface area (Å²) in [6.45, 7) is 3.54. The second-order valence-electron chi connectivity index (χ2n) is 5.64. The van der Waals surface area contributed by atoms with Crippen molar-refractivity contribution in [2.45, 2.75) is 25.9 Å². The van der Waals surface area contributed by atoms with Crippen LogP contribution >= 0.6 is 11.3 Å². The van der Waals surface area contributed by atoms with E-state index < -0.39 is 18.5 Å². The zero-order valence-corrected chi connectivity index (χ0v) is 14.0. The first kappa shape index (κ1) is 16.9. The third-order valence-electron chi connectivity index (χ3n) is 3.99. The van der Waals surface area contributed by atoms with Crippen molar-refractivity contribution < 1.29 is 18.0 Å². The van der Waals surface area contributed by atoms with Gasteiger partial charge in [-0.05, 0) is 12.5 Å². The number of carbonyl (C=O) groups is 1. The maximum Gasteiger partial charge on any atom is 0.397 e. The Morgan fingerprint density at radius 2 is 1.96 bits per heavy atom. The number of aromatic nitrogens is 2. The van der Waals surface area contributed by atoms with Crippen LogP contribution in [0, 0.1) is 0 Å². The lowest BCUT2D eigenvalue weighted by atomic mass is 10.2. The Hall–Kier alpha value is -1.90. The third kappa shape index (κ3) is 3.61. The molecule has 0 saturated carbocycles. The molecule has 0 spiro atoms. The average Bonchev–Trinajstić information content (AvgIpc) is 2.96. The number of rotatable bonds is 3. The number of thiophene rings is 1. The van der Waals surface area contributed by atoms with Crippen LogP contribution in [0.1, 0.15) is 18.2 Å². The number of nitrogens with zero attached hydrogens (tertiary/aromatic N) is 4. The van der Waals surface area contributed by atoms with Crippen LogP contribution in [0.3, 0.4) is 0 Å². The first-order chi connectivity index (χ1) is 11.4. The standard InChI is InChI=1S/C15H17F3N4OS/c1-2-10-7-11-13(19-9-20-14(11)24-10)22-5-3-21(4-6-22)12(23)8-15(16,17)18/h7,9H,2-6,8H2,1H3. The molecule has 0 N–H and O–H groups in total. The summed E-state index contributed by atoms with van der Waals surface area (Å²) in [6, 6.07) is 2.07. The van der Waals surface area contributed by atoms with E-state index in [1.807, 2.05) is 4.90 Å². The van der Waals surface area contributed by atoms with Gasteiger partial charge in [0.05, 0.1) is 5.39 Å². The fourth-order valence-electron chi connectivity index (χ4n) is 2.77. The van der Waals surface area contributed by atoms with Crippen molar-refractivity contribution in [3.63, 3.8) is 0 Å². The first-order valence-corrected chi connectivity index (χ1v) is 8.52. The van der Waals surface area contributed by atoms with E-state index in [2.05, 4.69) is 23.0 Å². The summed E-state index contributed by atoms with van der Waals surface area (Å²) in [5.74, 6) is -0.0716. The Morgan fingerprint density at radius 3 is 2.58 bits per heavy atom. The molecule has 1 aliphatic heterocycles. The lowest BCUT2D eigenvalue weighted by Crippen LogP contribution is -2.49. The highest BCUT2D eigenvalue weighted by Gasteiger charge is 2.34. The average molecular weight is 358 g/mol. The van der Waals surface area contributed by atoms with Crippen LogP contribution in [-0.2, 0) is 11.2 Å². The van der Waals surface area contributed by atoms with Gasteiger partial charge in [0.1, 0.15) is 23.4 Å². The molecule has 0 bridgehead atoms. The van der Waals surface area contributed by atoms with Crippen molar-refractivity contribution in [2.24, 2.45) is 0 Å². The van der Waals surface area contributed by atoms with E-state index in [1.54, 1.807) is 11.3 Å². The van der Waals surface area contributed by atoms with Crippen molar-refractivity contribution in [3.8, 4) is 0 Å². The molecule has 0 aliphatic carbocycles. The number of carbonyl (C=O) groups excluding carboxylic acids is 1. The summed E-state index contributed by atoms with van der Waals surface area (Å²) in [5, 5.41) is 0.967. The highest BCUT2D eigenvalue weighted by atomic mass is 32.1. The number of anilines is 1. The Morgan fingerprint density at radius 1 is 1.25 bits per heavy atom. The maximum absolute atomic E-state index is 12.3. The van der Waals surface area contributed by atoms with Gasteiger partial charge in [0.25, 0.3) is 0 Å². The van der Waals surface area contributed by atoms with Crippen LogP contribution < -0.4 is 4.90 Å². The molecule has 2 aromatic heterocycles. The van der Waals surface area contributed by atoms with Crippen LogP contribution in [0.5, 0.6) is 0 Å². The van der Waals surface area contributed by atoms with Crippen LogP contribution in [0.4, 0.5) is 19.0 Å². The number of hydrogen-bond acceptors (Lipinski definition) is 5. The van der Waals surface area contributed by atoms with Gasteiger partial charge >= 0.3 is 6.18 Å². The monoisotopic (exact) mass is 358 g/mol. The molecule has 3 heterocycles. The quantitative estimate of drug-likeness (QED) is 0.847. The summed E-state index contributed by atoms with van der Waals surface area (Å²) in [7, 11) is 0. The van der Waals surface area contributed by atoms with E-state index >= 15 is 0 Å². The maximum atomic E-state index is 12.3. The van der Waals surface area contributed by atoms with Gasteiger partial charge in [0.15, 0.2) is 0 Å². The van der Waals surface area contributed by atoms with Gasteiger partial charge in [0.2, 0.25) is 5.91 Å². The Kier molecular flexibility index (Phi) is 4.62. The smallest absolute Gasteiger partial charge is 0.352 e. The molecule has 5 nitrogen and oxygen atoms in total. The van der Waals surface area contributed by atoms with Crippen molar-refractivity contribution in [2.75, 3.05) is 31.1 Å². The fraction of sp³-hybridized carbons (Fsp3) is 0.533. The SMILES string of the molecule is CCc1cc2c(N3CCN(C(=O)CC(F)(F)F)CC3)ncnc2s1. The molecule has 1 amide bonds. The van der Waals surface area contributed by atoms with Gasteiger partial charge in [0, 0.05) is 31.1 Å². The Bertz CT molecular complexity index is 738. The second-order valence-corrected chi connectivity index (χ2v) is 6.76. The van der Waals surface area contributed by atoms with Gasteiger partial charge in [-0.15, -0.1) is 11.3 Å². The number of alkyl halides is 3. The second kappa shape index (κ2) is 6.54. The number of aryl methyl sites for hydroxylation is 1. The third-order valence-corrected chi connectivity index (χ3v) is 5.18. The molecule has 3 rings (SSSR count). The van der Waals surface area contributed by atoms with E-state index in [-0.39, 0.29) is 13.1 Å². The minimum absolute atomic E-state index is 0.269. The van der Waals surface area contributed by atoms with E-state index in [0.717, 1.165) is 22.5 Å². The minimum Gasteiger partial charge on any atom is -0.352 e. The molecule has 9 heteroatoms. The van der Waals surface area contributed by atoms with E-state index in [4.69, 9.17) is 0 Å². The van der Waals surface area contributed by atoms with E-state index in [9.17, 15) is 18.0 Å². The first-order valence-electron chi connectivity index (χ1n) is 7.70. The Balaban J connectivity index is 1.71. The highest BCUT2D eigenvalue weighted by molar-refractivity contribution is 7.18. The summed E-state index contributed by atoms with van der Waals surface area (Å²) in [4.78, 5) is 25.7. The van der Waals surface area contributed by atoms with Gasteiger partial charge in [-0.2, -0.15) is 13.2 Å². The lowest BCUT2D eigenvalue weighted by molar-refractivity contribution is -0.161. The van der Waals surface area contributed by atoms with Crippen LogP contribution in [0.2, 0.25) is 0 Å². The number of fused-ring (bicyclic) bond motifs is 1. The van der Waals surface area contributed by atoms with Crippen LogP contribution in [0.25, 0.3) is 10.2 Å². The molecule has 0 unspecified atom stereocenters. The molecule has 1 aliphatic rings. The summed E-state index contributed by atoms with van der Waals surface area (Å²) in [5.41, 5.74) is 0. The predicted octanol–water partition coefficient (Wildman–Crippen LogP) is 2.85. The largest absolute Gasteiger partial charge is 0.397 e. The van der Waals surface area contributed by atoms with Gasteiger partial charge in [-0.1, -0.05) is 6.92 Å². The van der Waals surface area contributed by atoms with Crippen molar-refractivity contribution in [3.05, 3.63) is 17.3 Å². The summed E-state index contributed by atoms with van der Waals surface area (Å²) < 4.78 is 37.0. The number of piperazine rings is 1. The fourth-order valence-corrected chi connectivity index (χ4v) is 3.70. The van der Waals surface area contributed by atoms with Crippen molar-refractivity contribution in [1.29, 1.82) is 0 Å². The van der Waals surface area contributed by atoms with Gasteiger partial charge in [-0.25, -0.2) is 9.97 Å². The molecule has 0 aromatic carbocycles. The minimum atomic E-state index is -4.46. The number of halogens is 3. The summed E-state index contributed by atoms with van der Waals surface area (Å²) in [6.07, 6.45) is -3.43. The zero-order chi connectivity index (χ0) is 17.3. The molecule has 0 atom stereocenters. The summed E-state index contributed by atoms with van der Waals surface area (Å²) >= 11 is 1.62. The van der Waals surface area contributed by atoms with Crippen LogP contribution in [0.15, 0.2) is 12.4 Å². The zero-order valence-electron chi connectivity index (χ0n) is 13.1. The molecule has 24 heavy (non-hydrogen) atoms. The van der Waals surface area contributed by atoms with Crippen molar-refractivity contribution >= 4 is 33.3 Å². The van der Waals surface area contributed by atoms with E-state index in [0.29, 0.717) is 13.1 Å². The van der Waals surface area contributed by atoms with Gasteiger partial charge in [-0.3, -0.25) is 4.79 Å².